The number of aryl methyl sites for hydroxylation is 1. The van der Waals surface area contributed by atoms with Gasteiger partial charge in [-0.3, -0.25) is 0 Å². The standard InChI is InChI=1S/C23H31F2N2O3/c1-3-4-12-26-13-14-27(18(26)2)15-16-30-21(28)23(29,19-8-6-5-7-9-19)20-10-11-22(24,25)17-20/h5-9,13-14,20,29H,3-4,10-12,15-17H2,1-2H3/q+1/t20-,23-/m0/s1. The number of ether oxygens (including phenoxy) is 1. The van der Waals surface area contributed by atoms with Crippen molar-refractivity contribution in [3.05, 3.63) is 54.1 Å². The van der Waals surface area contributed by atoms with Crippen molar-refractivity contribution >= 4 is 5.97 Å². The van der Waals surface area contributed by atoms with Crippen LogP contribution in [0.4, 0.5) is 8.78 Å². The Kier molecular flexibility index (Phi) is 6.91. The fourth-order valence-electron chi connectivity index (χ4n) is 4.21. The minimum atomic E-state index is -2.87. The molecule has 7 heteroatoms. The zero-order valence-corrected chi connectivity index (χ0v) is 17.7. The number of aliphatic hydroxyl groups is 1. The van der Waals surface area contributed by atoms with Crippen molar-refractivity contribution in [3.63, 3.8) is 0 Å². The molecule has 0 unspecified atom stereocenters. The highest BCUT2D eigenvalue weighted by molar-refractivity contribution is 5.81. The summed E-state index contributed by atoms with van der Waals surface area (Å²) in [5, 5.41) is 11.3. The van der Waals surface area contributed by atoms with Crippen molar-refractivity contribution in [2.45, 2.75) is 70.6 Å². The van der Waals surface area contributed by atoms with Gasteiger partial charge in [0.25, 0.3) is 5.82 Å². The molecular weight excluding hydrogens is 390 g/mol. The van der Waals surface area contributed by atoms with Crippen molar-refractivity contribution in [1.82, 2.24) is 4.57 Å². The zero-order valence-electron chi connectivity index (χ0n) is 17.7. The third kappa shape index (κ3) is 4.72. The Morgan fingerprint density at radius 2 is 2.10 bits per heavy atom. The van der Waals surface area contributed by atoms with Crippen LogP contribution < -0.4 is 4.57 Å². The van der Waals surface area contributed by atoms with Gasteiger partial charge in [0.2, 0.25) is 5.92 Å². The predicted octanol–water partition coefficient (Wildman–Crippen LogP) is 3.75. The first kappa shape index (κ1) is 22.4. The van der Waals surface area contributed by atoms with Gasteiger partial charge in [-0.1, -0.05) is 43.7 Å². The van der Waals surface area contributed by atoms with Crippen molar-refractivity contribution in [2.75, 3.05) is 6.61 Å². The largest absolute Gasteiger partial charge is 0.459 e. The second-order valence-corrected chi connectivity index (χ2v) is 8.15. The molecule has 1 fully saturated rings. The maximum Gasteiger partial charge on any atom is 0.343 e. The molecule has 1 saturated carbocycles. The van der Waals surface area contributed by atoms with Crippen LogP contribution in [0.15, 0.2) is 42.7 Å². The zero-order chi connectivity index (χ0) is 21.8. The lowest BCUT2D eigenvalue weighted by molar-refractivity contribution is -0.702. The molecular formula is C23H31F2N2O3+. The van der Waals surface area contributed by atoms with Crippen LogP contribution >= 0.6 is 0 Å². The van der Waals surface area contributed by atoms with E-state index in [1.807, 2.05) is 23.9 Å². The van der Waals surface area contributed by atoms with Gasteiger partial charge in [0.15, 0.2) is 5.60 Å². The summed E-state index contributed by atoms with van der Waals surface area (Å²) < 4.78 is 37.2. The number of benzene rings is 1. The summed E-state index contributed by atoms with van der Waals surface area (Å²) in [6.07, 6.45) is 5.32. The summed E-state index contributed by atoms with van der Waals surface area (Å²) in [5.74, 6) is -3.57. The Hall–Kier alpha value is -2.28. The summed E-state index contributed by atoms with van der Waals surface area (Å²) >= 11 is 0. The lowest BCUT2D eigenvalue weighted by Crippen LogP contribution is -2.44. The number of carbonyl (C=O) groups excluding carboxylic acids is 1. The number of unbranched alkanes of at least 4 members (excludes halogenated alkanes) is 1. The summed E-state index contributed by atoms with van der Waals surface area (Å²) in [5.41, 5.74) is -1.78. The Balaban J connectivity index is 1.70. The minimum absolute atomic E-state index is 0.0559. The van der Waals surface area contributed by atoms with Crippen LogP contribution in [-0.4, -0.2) is 28.2 Å². The molecule has 2 atom stereocenters. The summed E-state index contributed by atoms with van der Waals surface area (Å²) in [4.78, 5) is 13.0. The number of halogens is 2. The number of hydrogen-bond donors (Lipinski definition) is 1. The molecule has 1 N–H and O–H groups in total. The van der Waals surface area contributed by atoms with Crippen LogP contribution in [0.3, 0.4) is 0 Å². The molecule has 1 heterocycles. The van der Waals surface area contributed by atoms with E-state index in [0.717, 1.165) is 25.2 Å². The van der Waals surface area contributed by atoms with Gasteiger partial charge in [-0.2, -0.15) is 0 Å². The number of carbonyl (C=O) groups is 1. The maximum atomic E-state index is 13.8. The first-order chi connectivity index (χ1) is 14.3. The van der Waals surface area contributed by atoms with E-state index in [1.54, 1.807) is 30.3 Å². The van der Waals surface area contributed by atoms with Gasteiger partial charge in [0, 0.05) is 25.7 Å². The first-order valence-corrected chi connectivity index (χ1v) is 10.7. The number of nitrogens with zero attached hydrogens (tertiary/aromatic N) is 2. The molecule has 164 valence electrons. The van der Waals surface area contributed by atoms with E-state index in [0.29, 0.717) is 12.1 Å². The van der Waals surface area contributed by atoms with Gasteiger partial charge in [0.05, 0.1) is 6.54 Å². The van der Waals surface area contributed by atoms with Crippen molar-refractivity contribution in [3.8, 4) is 0 Å². The van der Waals surface area contributed by atoms with E-state index in [9.17, 15) is 18.7 Å². The quantitative estimate of drug-likeness (QED) is 0.496. The van der Waals surface area contributed by atoms with Gasteiger partial charge in [-0.05, 0) is 18.4 Å². The highest BCUT2D eigenvalue weighted by Gasteiger charge is 2.54. The highest BCUT2D eigenvalue weighted by atomic mass is 19.3. The Labute approximate surface area is 176 Å². The lowest BCUT2D eigenvalue weighted by atomic mass is 9.80. The Morgan fingerprint density at radius 3 is 2.73 bits per heavy atom. The monoisotopic (exact) mass is 421 g/mol. The normalized spacial score (nSPS) is 20.1. The third-order valence-electron chi connectivity index (χ3n) is 6.10. The molecule has 30 heavy (non-hydrogen) atoms. The topological polar surface area (TPSA) is 55.3 Å². The van der Waals surface area contributed by atoms with Crippen molar-refractivity contribution < 1.29 is 28.0 Å². The van der Waals surface area contributed by atoms with Crippen LogP contribution in [0.2, 0.25) is 0 Å². The third-order valence-corrected chi connectivity index (χ3v) is 6.10. The fourth-order valence-corrected chi connectivity index (χ4v) is 4.21. The van der Waals surface area contributed by atoms with E-state index in [1.165, 1.54) is 0 Å². The van der Waals surface area contributed by atoms with Crippen molar-refractivity contribution in [1.29, 1.82) is 0 Å². The van der Waals surface area contributed by atoms with Crippen LogP contribution in [0, 0.1) is 12.8 Å². The average molecular weight is 422 g/mol. The van der Waals surface area contributed by atoms with E-state index in [2.05, 4.69) is 11.5 Å². The SMILES string of the molecule is CCCC[n+]1ccn(CCOC(=O)[C@](O)(c2ccccc2)[C@H]2CCC(F)(F)C2)c1C. The second-order valence-electron chi connectivity index (χ2n) is 8.15. The molecule has 0 aliphatic heterocycles. The maximum absolute atomic E-state index is 13.8. The predicted molar refractivity (Wildman–Crippen MR) is 108 cm³/mol. The molecule has 1 aromatic carbocycles. The van der Waals surface area contributed by atoms with Crippen LogP contribution in [0.1, 0.15) is 50.4 Å². The molecule has 1 aliphatic rings. The van der Waals surface area contributed by atoms with E-state index in [4.69, 9.17) is 4.74 Å². The molecule has 0 radical (unpaired) electrons. The molecule has 0 amide bonds. The Morgan fingerprint density at radius 1 is 1.37 bits per heavy atom. The number of alkyl halides is 2. The second kappa shape index (κ2) is 9.25. The number of imidazole rings is 1. The van der Waals surface area contributed by atoms with Crippen LogP contribution in [0.5, 0.6) is 0 Å². The molecule has 1 aliphatic carbocycles. The molecule has 1 aromatic heterocycles. The van der Waals surface area contributed by atoms with Gasteiger partial charge in [0.1, 0.15) is 25.5 Å². The summed E-state index contributed by atoms with van der Waals surface area (Å²) in [6, 6.07) is 8.29. The Bertz CT molecular complexity index is 853. The first-order valence-electron chi connectivity index (χ1n) is 10.7. The highest BCUT2D eigenvalue weighted by Crippen LogP contribution is 2.47. The summed E-state index contributed by atoms with van der Waals surface area (Å²) in [6.45, 7) is 5.56. The van der Waals surface area contributed by atoms with Crippen molar-refractivity contribution in [2.24, 2.45) is 5.92 Å². The van der Waals surface area contributed by atoms with E-state index < -0.39 is 29.8 Å². The molecule has 0 spiro atoms. The molecule has 5 nitrogen and oxygen atoms in total. The van der Waals surface area contributed by atoms with E-state index >= 15 is 0 Å². The fraction of sp³-hybridized carbons (Fsp3) is 0.565. The average Bonchev–Trinajstić information content (AvgIpc) is 3.28. The number of esters is 1. The van der Waals surface area contributed by atoms with Gasteiger partial charge in [-0.25, -0.2) is 22.7 Å². The smallest absolute Gasteiger partial charge is 0.343 e. The number of aromatic nitrogens is 2. The number of rotatable bonds is 9. The van der Waals surface area contributed by atoms with Gasteiger partial charge >= 0.3 is 5.97 Å². The van der Waals surface area contributed by atoms with Crippen LogP contribution in [-0.2, 0) is 28.2 Å². The lowest BCUT2D eigenvalue weighted by Gasteiger charge is -2.32. The van der Waals surface area contributed by atoms with Crippen LogP contribution in [0.25, 0.3) is 0 Å². The number of hydrogen-bond acceptors (Lipinski definition) is 3. The molecule has 0 saturated heterocycles. The minimum Gasteiger partial charge on any atom is -0.459 e. The van der Waals surface area contributed by atoms with Gasteiger partial charge < -0.3 is 9.84 Å². The molecule has 3 rings (SSSR count). The molecule has 2 aromatic rings. The van der Waals surface area contributed by atoms with Gasteiger partial charge in [-0.15, -0.1) is 0 Å². The van der Waals surface area contributed by atoms with E-state index in [-0.39, 0.29) is 19.4 Å². The summed E-state index contributed by atoms with van der Waals surface area (Å²) in [7, 11) is 0. The molecule has 0 bridgehead atoms.